The Morgan fingerprint density at radius 1 is 0.479 bits per heavy atom. The summed E-state index contributed by atoms with van der Waals surface area (Å²) in [5.41, 5.74) is 2.32. The third kappa shape index (κ3) is 9.33. The molecule has 0 amide bonds. The standard InChI is InChI=1S/C44H58F4/c1-3-5-7-8-9-10-12-14-37-27-28-38(42(46)41(37)45)35-23-25-36(26-24-35)40-30-29-39(43(47)44(40)48)34-21-19-33(20-22-34)32-17-15-31(16-18-32)13-11-6-4-2/h23-34H,3-22H2,1-2H3. The van der Waals surface area contributed by atoms with Gasteiger partial charge in [0.1, 0.15) is 0 Å². The van der Waals surface area contributed by atoms with Gasteiger partial charge in [-0.25, -0.2) is 17.6 Å². The van der Waals surface area contributed by atoms with Gasteiger partial charge < -0.3 is 0 Å². The molecule has 4 heteroatoms. The normalized spacial score (nSPS) is 21.5. The average molecular weight is 663 g/mol. The predicted molar refractivity (Wildman–Crippen MR) is 193 cm³/mol. The number of hydrogen-bond acceptors (Lipinski definition) is 0. The van der Waals surface area contributed by atoms with E-state index in [1.165, 1.54) is 77.0 Å². The molecule has 0 spiro atoms. The summed E-state index contributed by atoms with van der Waals surface area (Å²) in [6.45, 7) is 4.46. The topological polar surface area (TPSA) is 0 Å². The van der Waals surface area contributed by atoms with Crippen molar-refractivity contribution >= 4 is 0 Å². The molecule has 262 valence electrons. The summed E-state index contributed by atoms with van der Waals surface area (Å²) in [5, 5.41) is 0. The quantitative estimate of drug-likeness (QED) is 0.106. The summed E-state index contributed by atoms with van der Waals surface area (Å²) in [7, 11) is 0. The van der Waals surface area contributed by atoms with Gasteiger partial charge in [-0.2, -0.15) is 0 Å². The molecule has 0 nitrogen and oxygen atoms in total. The van der Waals surface area contributed by atoms with Crippen LogP contribution in [0.4, 0.5) is 17.6 Å². The van der Waals surface area contributed by atoms with Gasteiger partial charge in [0.15, 0.2) is 23.3 Å². The van der Waals surface area contributed by atoms with Crippen LogP contribution in [0.1, 0.15) is 153 Å². The maximum absolute atomic E-state index is 15.5. The molecule has 3 aromatic rings. The van der Waals surface area contributed by atoms with Crippen LogP contribution < -0.4 is 0 Å². The van der Waals surface area contributed by atoms with Crippen LogP contribution in [0, 0.1) is 41.0 Å². The summed E-state index contributed by atoms with van der Waals surface area (Å²) in [6, 6.07) is 13.4. The van der Waals surface area contributed by atoms with Gasteiger partial charge >= 0.3 is 0 Å². The molecule has 0 radical (unpaired) electrons. The number of aryl methyl sites for hydroxylation is 1. The first-order chi connectivity index (χ1) is 23.4. The van der Waals surface area contributed by atoms with Crippen LogP contribution in [-0.2, 0) is 6.42 Å². The van der Waals surface area contributed by atoms with E-state index in [0.29, 0.717) is 28.7 Å². The lowest BCUT2D eigenvalue weighted by molar-refractivity contribution is 0.155. The van der Waals surface area contributed by atoms with Crippen molar-refractivity contribution in [3.8, 4) is 22.3 Å². The van der Waals surface area contributed by atoms with Crippen molar-refractivity contribution in [1.29, 1.82) is 0 Å². The molecule has 3 aromatic carbocycles. The molecule has 5 rings (SSSR count). The molecule has 2 fully saturated rings. The largest absolute Gasteiger partial charge is 0.203 e. The molecule has 0 aliphatic heterocycles. The monoisotopic (exact) mass is 662 g/mol. The third-order valence-corrected chi connectivity index (χ3v) is 11.8. The molecule has 0 N–H and O–H groups in total. The lowest BCUT2D eigenvalue weighted by Gasteiger charge is -2.38. The summed E-state index contributed by atoms with van der Waals surface area (Å²) >= 11 is 0. The molecule has 2 aliphatic carbocycles. The fourth-order valence-corrected chi connectivity index (χ4v) is 8.74. The van der Waals surface area contributed by atoms with E-state index in [2.05, 4.69) is 13.8 Å². The second-order valence-corrected chi connectivity index (χ2v) is 15.1. The van der Waals surface area contributed by atoms with Crippen LogP contribution in [0.15, 0.2) is 48.5 Å². The van der Waals surface area contributed by atoms with Crippen molar-refractivity contribution in [1.82, 2.24) is 0 Å². The first kappa shape index (κ1) is 36.7. The lowest BCUT2D eigenvalue weighted by Crippen LogP contribution is -2.25. The average Bonchev–Trinajstić information content (AvgIpc) is 3.11. The minimum atomic E-state index is -0.852. The molecule has 0 bridgehead atoms. The highest BCUT2D eigenvalue weighted by atomic mass is 19.2. The van der Waals surface area contributed by atoms with Gasteiger partial charge in [0, 0.05) is 11.1 Å². The van der Waals surface area contributed by atoms with Crippen LogP contribution in [0.3, 0.4) is 0 Å². The molecule has 2 aliphatic rings. The Labute approximate surface area is 288 Å². The van der Waals surface area contributed by atoms with Gasteiger partial charge in [-0.1, -0.05) is 139 Å². The van der Waals surface area contributed by atoms with Crippen LogP contribution in [-0.4, -0.2) is 0 Å². The first-order valence-corrected chi connectivity index (χ1v) is 19.5. The maximum Gasteiger partial charge on any atom is 0.166 e. The highest BCUT2D eigenvalue weighted by Gasteiger charge is 2.32. The van der Waals surface area contributed by atoms with E-state index in [-0.39, 0.29) is 17.0 Å². The summed E-state index contributed by atoms with van der Waals surface area (Å²) in [6.07, 6.45) is 23.3. The highest BCUT2D eigenvalue weighted by molar-refractivity contribution is 5.71. The van der Waals surface area contributed by atoms with Crippen LogP contribution in [0.5, 0.6) is 0 Å². The summed E-state index contributed by atoms with van der Waals surface area (Å²) in [5.74, 6) is -0.700. The van der Waals surface area contributed by atoms with Gasteiger partial charge in [-0.05, 0) is 97.3 Å². The van der Waals surface area contributed by atoms with Crippen molar-refractivity contribution in [3.63, 3.8) is 0 Å². The van der Waals surface area contributed by atoms with Crippen LogP contribution >= 0.6 is 0 Å². The van der Waals surface area contributed by atoms with Gasteiger partial charge in [0.25, 0.3) is 0 Å². The Morgan fingerprint density at radius 3 is 1.58 bits per heavy atom. The SMILES string of the molecule is CCCCCCCCCc1ccc(-c2ccc(-c3ccc(C4CCC(C5CCC(CCCCC)CC5)CC4)c(F)c3F)cc2)c(F)c1F. The van der Waals surface area contributed by atoms with E-state index in [9.17, 15) is 4.39 Å². The van der Waals surface area contributed by atoms with Crippen molar-refractivity contribution < 1.29 is 17.6 Å². The minimum absolute atomic E-state index is 0.0594. The second kappa shape index (κ2) is 18.4. The van der Waals surface area contributed by atoms with E-state index in [0.717, 1.165) is 62.7 Å². The van der Waals surface area contributed by atoms with E-state index >= 15 is 13.2 Å². The Kier molecular flexibility index (Phi) is 14.0. The maximum atomic E-state index is 15.5. The van der Waals surface area contributed by atoms with Gasteiger partial charge in [-0.15, -0.1) is 0 Å². The number of hydrogen-bond donors (Lipinski definition) is 0. The number of unbranched alkanes of at least 4 members (excludes halogenated alkanes) is 8. The molecular weight excluding hydrogens is 604 g/mol. The van der Waals surface area contributed by atoms with Crippen LogP contribution in [0.25, 0.3) is 22.3 Å². The molecule has 0 atom stereocenters. The zero-order valence-electron chi connectivity index (χ0n) is 29.6. The van der Waals surface area contributed by atoms with E-state index in [1.807, 2.05) is 0 Å². The Balaban J connectivity index is 1.15. The zero-order chi connectivity index (χ0) is 33.9. The molecule has 0 aromatic heterocycles. The smallest absolute Gasteiger partial charge is 0.166 e. The van der Waals surface area contributed by atoms with Crippen LogP contribution in [0.2, 0.25) is 0 Å². The highest BCUT2D eigenvalue weighted by Crippen LogP contribution is 2.45. The molecule has 0 saturated heterocycles. The second-order valence-electron chi connectivity index (χ2n) is 15.1. The Hall–Kier alpha value is -2.62. The minimum Gasteiger partial charge on any atom is -0.203 e. The summed E-state index contributed by atoms with van der Waals surface area (Å²) in [4.78, 5) is 0. The third-order valence-electron chi connectivity index (χ3n) is 11.8. The fourth-order valence-electron chi connectivity index (χ4n) is 8.74. The molecule has 48 heavy (non-hydrogen) atoms. The molecule has 2 saturated carbocycles. The van der Waals surface area contributed by atoms with Crippen molar-refractivity contribution in [2.24, 2.45) is 17.8 Å². The fraction of sp³-hybridized carbons (Fsp3) is 0.591. The molecule has 0 unspecified atom stereocenters. The number of benzene rings is 3. The van der Waals surface area contributed by atoms with Gasteiger partial charge in [-0.3, -0.25) is 0 Å². The van der Waals surface area contributed by atoms with E-state index < -0.39 is 23.3 Å². The Bertz CT molecular complexity index is 1410. The van der Waals surface area contributed by atoms with Gasteiger partial charge in [0.2, 0.25) is 0 Å². The zero-order valence-corrected chi connectivity index (χ0v) is 29.6. The van der Waals surface area contributed by atoms with E-state index in [4.69, 9.17) is 0 Å². The van der Waals surface area contributed by atoms with Crippen molar-refractivity contribution in [2.75, 3.05) is 0 Å². The van der Waals surface area contributed by atoms with E-state index in [1.54, 1.807) is 48.5 Å². The van der Waals surface area contributed by atoms with Crippen molar-refractivity contribution in [2.45, 2.75) is 148 Å². The molecular formula is C44H58F4. The van der Waals surface area contributed by atoms with Crippen molar-refractivity contribution in [3.05, 3.63) is 82.9 Å². The number of rotatable bonds is 16. The first-order valence-electron chi connectivity index (χ1n) is 19.5. The lowest BCUT2D eigenvalue weighted by atomic mass is 9.68. The number of halogens is 4. The molecule has 0 heterocycles. The van der Waals surface area contributed by atoms with Gasteiger partial charge in [0.05, 0.1) is 0 Å². The summed E-state index contributed by atoms with van der Waals surface area (Å²) < 4.78 is 61.2. The Morgan fingerprint density at radius 2 is 0.979 bits per heavy atom. The predicted octanol–water partition coefficient (Wildman–Crippen LogP) is 14.5.